The first-order chi connectivity index (χ1) is 22.6. The molecule has 256 valence electrons. The van der Waals surface area contributed by atoms with Gasteiger partial charge in [-0.2, -0.15) is 13.2 Å². The van der Waals surface area contributed by atoms with E-state index in [1.54, 1.807) is 54.6 Å². The smallest absolute Gasteiger partial charge is 0.382 e. The van der Waals surface area contributed by atoms with Crippen molar-refractivity contribution in [3.8, 4) is 11.1 Å². The first-order valence-corrected chi connectivity index (χ1v) is 15.1. The minimum absolute atomic E-state index is 0.0254. The number of carbonyl (C=O) groups excluding carboxylic acids is 5. The summed E-state index contributed by atoms with van der Waals surface area (Å²) < 4.78 is 39.6. The van der Waals surface area contributed by atoms with E-state index in [4.69, 9.17) is 5.73 Å². The molecule has 0 aliphatic rings. The first kappa shape index (κ1) is 37.2. The Kier molecular flexibility index (Phi) is 13.2. The van der Waals surface area contributed by atoms with Crippen molar-refractivity contribution >= 4 is 29.5 Å². The molecule has 5 unspecified atom stereocenters. The Bertz CT molecular complexity index is 1550. The van der Waals surface area contributed by atoms with Crippen molar-refractivity contribution in [1.82, 2.24) is 21.3 Å². The molecular formula is C34H38F3N5O6. The van der Waals surface area contributed by atoms with Crippen molar-refractivity contribution in [3.63, 3.8) is 0 Å². The third-order valence-electron chi connectivity index (χ3n) is 7.41. The van der Waals surface area contributed by atoms with Crippen molar-refractivity contribution in [1.29, 1.82) is 0 Å². The number of primary amides is 1. The number of hydrogen-bond donors (Lipinski definition) is 6. The zero-order valence-electron chi connectivity index (χ0n) is 26.3. The predicted octanol–water partition coefficient (Wildman–Crippen LogP) is 2.38. The second-order valence-corrected chi connectivity index (χ2v) is 11.2. The van der Waals surface area contributed by atoms with Gasteiger partial charge in [0.1, 0.15) is 18.1 Å². The average Bonchev–Trinajstić information content (AvgIpc) is 3.06. The van der Waals surface area contributed by atoms with Gasteiger partial charge in [0.2, 0.25) is 23.6 Å². The fourth-order valence-electron chi connectivity index (χ4n) is 4.67. The summed E-state index contributed by atoms with van der Waals surface area (Å²) in [6.07, 6.45) is -9.27. The summed E-state index contributed by atoms with van der Waals surface area (Å²) in [7, 11) is 0. The van der Waals surface area contributed by atoms with E-state index in [2.05, 4.69) is 16.0 Å². The van der Waals surface area contributed by atoms with Gasteiger partial charge in [-0.05, 0) is 49.1 Å². The van der Waals surface area contributed by atoms with Crippen LogP contribution in [0, 0.1) is 0 Å². The Balaban J connectivity index is 1.67. The van der Waals surface area contributed by atoms with E-state index >= 15 is 0 Å². The van der Waals surface area contributed by atoms with Crippen molar-refractivity contribution in [2.45, 2.75) is 69.6 Å². The van der Waals surface area contributed by atoms with E-state index in [0.717, 1.165) is 11.1 Å². The predicted molar refractivity (Wildman–Crippen MR) is 171 cm³/mol. The molecule has 0 spiro atoms. The molecule has 3 rings (SSSR count). The Labute approximate surface area is 275 Å². The lowest BCUT2D eigenvalue weighted by Crippen LogP contribution is -2.58. The average molecular weight is 670 g/mol. The monoisotopic (exact) mass is 669 g/mol. The molecule has 0 bridgehead atoms. The van der Waals surface area contributed by atoms with Crippen LogP contribution >= 0.6 is 0 Å². The number of rotatable bonds is 15. The van der Waals surface area contributed by atoms with Crippen LogP contribution in [0.3, 0.4) is 0 Å². The highest BCUT2D eigenvalue weighted by molar-refractivity contribution is 5.99. The molecule has 5 atom stereocenters. The van der Waals surface area contributed by atoms with Gasteiger partial charge < -0.3 is 32.1 Å². The second kappa shape index (κ2) is 17.1. The normalized spacial score (nSPS) is 14.4. The highest BCUT2D eigenvalue weighted by atomic mass is 19.4. The number of aliphatic hydroxyl groups is 1. The van der Waals surface area contributed by atoms with Gasteiger partial charge in [0.15, 0.2) is 6.10 Å². The van der Waals surface area contributed by atoms with Gasteiger partial charge in [-0.25, -0.2) is 0 Å². The zero-order valence-corrected chi connectivity index (χ0v) is 26.3. The Morgan fingerprint density at radius 2 is 1.23 bits per heavy atom. The molecule has 5 amide bonds. The van der Waals surface area contributed by atoms with Crippen LogP contribution in [0.15, 0.2) is 84.9 Å². The lowest BCUT2D eigenvalue weighted by atomic mass is 10.0. The zero-order chi connectivity index (χ0) is 35.4. The van der Waals surface area contributed by atoms with E-state index < -0.39 is 78.8 Å². The van der Waals surface area contributed by atoms with Crippen LogP contribution in [-0.4, -0.2) is 71.1 Å². The maximum atomic E-state index is 13.3. The molecule has 0 radical (unpaired) electrons. The largest absolute Gasteiger partial charge is 0.416 e. The summed E-state index contributed by atoms with van der Waals surface area (Å²) in [5.41, 5.74) is 7.83. The molecule has 11 nitrogen and oxygen atoms in total. The molecule has 0 saturated carbocycles. The standard InChI is InChI=1S/C34H38F3N5O6/c1-20(39-32(47)25-15-13-24(14-16-25)23-11-7-4-8-12-23)31(46)42-27(19-22-9-5-3-6-10-22)33(48)40-21(2)30(45)41-26(17-18-28(38)43)29(44)34(35,36)37/h3-16,20-21,26-27,29,44H,17-19H2,1-2H3,(H2,38,43)(H,39,47)(H,40,48)(H,41,45)(H,42,46). The number of carbonyl (C=O) groups is 5. The minimum atomic E-state index is -5.11. The molecule has 0 saturated heterocycles. The van der Waals surface area contributed by atoms with E-state index in [1.807, 2.05) is 35.6 Å². The Morgan fingerprint density at radius 1 is 0.708 bits per heavy atom. The van der Waals surface area contributed by atoms with E-state index in [1.165, 1.54) is 13.8 Å². The van der Waals surface area contributed by atoms with Crippen molar-refractivity contribution in [2.75, 3.05) is 0 Å². The fraction of sp³-hybridized carbons (Fsp3) is 0.324. The number of amides is 5. The maximum absolute atomic E-state index is 13.3. The summed E-state index contributed by atoms with van der Waals surface area (Å²) >= 11 is 0. The third-order valence-corrected chi connectivity index (χ3v) is 7.41. The first-order valence-electron chi connectivity index (χ1n) is 15.1. The number of hydrogen-bond acceptors (Lipinski definition) is 6. The van der Waals surface area contributed by atoms with Gasteiger partial charge in [0, 0.05) is 18.4 Å². The topological polar surface area (TPSA) is 180 Å². The highest BCUT2D eigenvalue weighted by Crippen LogP contribution is 2.24. The molecule has 0 aromatic heterocycles. The van der Waals surface area contributed by atoms with Crippen LogP contribution in [-0.2, 0) is 25.6 Å². The van der Waals surface area contributed by atoms with E-state index in [9.17, 15) is 42.3 Å². The molecule has 3 aromatic rings. The Hall–Kier alpha value is -5.24. The molecule has 7 N–H and O–H groups in total. The van der Waals surface area contributed by atoms with Crippen LogP contribution in [0.5, 0.6) is 0 Å². The van der Waals surface area contributed by atoms with Crippen molar-refractivity contribution in [3.05, 3.63) is 96.1 Å². The lowest BCUT2D eigenvalue weighted by molar-refractivity contribution is -0.212. The van der Waals surface area contributed by atoms with Gasteiger partial charge in [0.25, 0.3) is 5.91 Å². The SMILES string of the molecule is CC(NC(=O)c1ccc(-c2ccccc2)cc1)C(=O)NC(Cc1ccccc1)C(=O)NC(C)C(=O)NC(CCC(N)=O)C(O)C(F)(F)F. The molecule has 3 aromatic carbocycles. The van der Waals surface area contributed by atoms with Crippen LogP contribution in [0.2, 0.25) is 0 Å². The minimum Gasteiger partial charge on any atom is -0.382 e. The number of benzene rings is 3. The van der Waals surface area contributed by atoms with Crippen LogP contribution in [0.4, 0.5) is 13.2 Å². The number of aliphatic hydroxyl groups excluding tert-OH is 1. The lowest BCUT2D eigenvalue weighted by Gasteiger charge is -2.28. The molecule has 48 heavy (non-hydrogen) atoms. The number of nitrogens with two attached hydrogens (primary N) is 1. The van der Waals surface area contributed by atoms with Gasteiger partial charge in [0.05, 0.1) is 6.04 Å². The third kappa shape index (κ3) is 11.2. The quantitative estimate of drug-likeness (QED) is 0.145. The van der Waals surface area contributed by atoms with Crippen LogP contribution in [0.25, 0.3) is 11.1 Å². The van der Waals surface area contributed by atoms with Gasteiger partial charge in [-0.15, -0.1) is 0 Å². The van der Waals surface area contributed by atoms with E-state index in [-0.39, 0.29) is 6.42 Å². The van der Waals surface area contributed by atoms with Gasteiger partial charge in [-0.1, -0.05) is 72.8 Å². The summed E-state index contributed by atoms with van der Waals surface area (Å²) in [5, 5.41) is 19.3. The summed E-state index contributed by atoms with van der Waals surface area (Å²) in [6.45, 7) is 2.63. The molecule has 0 aliphatic carbocycles. The summed E-state index contributed by atoms with van der Waals surface area (Å²) in [6, 6.07) is 19.2. The summed E-state index contributed by atoms with van der Waals surface area (Å²) in [5.74, 6) is -4.09. The van der Waals surface area contributed by atoms with Crippen molar-refractivity contribution in [2.24, 2.45) is 5.73 Å². The van der Waals surface area contributed by atoms with Gasteiger partial charge >= 0.3 is 6.18 Å². The molecule has 0 fully saturated rings. The van der Waals surface area contributed by atoms with Crippen LogP contribution in [0.1, 0.15) is 42.6 Å². The molecule has 14 heteroatoms. The molecule has 0 heterocycles. The van der Waals surface area contributed by atoms with Crippen LogP contribution < -0.4 is 27.0 Å². The summed E-state index contributed by atoms with van der Waals surface area (Å²) in [4.78, 5) is 63.3. The van der Waals surface area contributed by atoms with E-state index in [0.29, 0.717) is 11.1 Å². The fourth-order valence-corrected chi connectivity index (χ4v) is 4.67. The van der Waals surface area contributed by atoms with Crippen molar-refractivity contribution < 1.29 is 42.3 Å². The second-order valence-electron chi connectivity index (χ2n) is 11.2. The Morgan fingerprint density at radius 3 is 1.79 bits per heavy atom. The van der Waals surface area contributed by atoms with Gasteiger partial charge in [-0.3, -0.25) is 24.0 Å². The number of alkyl halides is 3. The number of nitrogens with one attached hydrogen (secondary N) is 4. The molecule has 0 aliphatic heterocycles. The maximum Gasteiger partial charge on any atom is 0.416 e. The number of halogens is 3. The molecular weight excluding hydrogens is 631 g/mol. The highest BCUT2D eigenvalue weighted by Gasteiger charge is 2.44.